The molecule has 4 rings (SSSR count). The van der Waals surface area contributed by atoms with E-state index in [9.17, 15) is 9.90 Å². The number of aromatic nitrogens is 4. The maximum absolute atomic E-state index is 11.3. The minimum atomic E-state index is -1.01. The van der Waals surface area contributed by atoms with E-state index in [1.807, 2.05) is 47.0 Å². The van der Waals surface area contributed by atoms with E-state index >= 15 is 0 Å². The van der Waals surface area contributed by atoms with Gasteiger partial charge < -0.3 is 14.7 Å². The van der Waals surface area contributed by atoms with Crippen LogP contribution in [0.25, 0.3) is 5.69 Å². The summed E-state index contributed by atoms with van der Waals surface area (Å²) in [5.74, 6) is 2.27. The fourth-order valence-electron chi connectivity index (χ4n) is 3.87. The number of pyridine rings is 1. The third-order valence-electron chi connectivity index (χ3n) is 5.51. The molecular weight excluding hydrogens is 418 g/mol. The Kier molecular flexibility index (Phi) is 6.36. The van der Waals surface area contributed by atoms with E-state index in [4.69, 9.17) is 16.3 Å². The summed E-state index contributed by atoms with van der Waals surface area (Å²) in [6.07, 6.45) is 4.41. The van der Waals surface area contributed by atoms with Gasteiger partial charge in [0.1, 0.15) is 11.9 Å². The molecular formula is C22H24ClN5O3. The Morgan fingerprint density at radius 3 is 2.55 bits per heavy atom. The Bertz CT molecular complexity index is 1020. The lowest BCUT2D eigenvalue weighted by Gasteiger charge is -2.28. The molecule has 0 aliphatic heterocycles. The van der Waals surface area contributed by atoms with Crippen LogP contribution in [-0.4, -0.2) is 49.0 Å². The van der Waals surface area contributed by atoms with Gasteiger partial charge in [-0.1, -0.05) is 17.7 Å². The first kappa shape index (κ1) is 21.1. The predicted octanol–water partition coefficient (Wildman–Crippen LogP) is 4.53. The van der Waals surface area contributed by atoms with Gasteiger partial charge >= 0.3 is 6.09 Å². The van der Waals surface area contributed by atoms with Crippen LogP contribution < -0.4 is 4.74 Å². The van der Waals surface area contributed by atoms with E-state index in [1.165, 1.54) is 11.9 Å². The zero-order valence-corrected chi connectivity index (χ0v) is 17.9. The van der Waals surface area contributed by atoms with Gasteiger partial charge in [0.2, 0.25) is 5.88 Å². The van der Waals surface area contributed by atoms with Gasteiger partial charge in [-0.15, -0.1) is 10.2 Å². The zero-order chi connectivity index (χ0) is 21.8. The van der Waals surface area contributed by atoms with Crippen molar-refractivity contribution in [3.8, 4) is 11.6 Å². The summed E-state index contributed by atoms with van der Waals surface area (Å²) in [4.78, 5) is 16.8. The summed E-state index contributed by atoms with van der Waals surface area (Å²) >= 11 is 6.06. The molecule has 1 saturated carbocycles. The lowest BCUT2D eigenvalue weighted by Crippen LogP contribution is -2.27. The van der Waals surface area contributed by atoms with E-state index in [0.717, 1.165) is 37.2 Å². The molecule has 2 heterocycles. The lowest BCUT2D eigenvalue weighted by molar-refractivity contribution is 0.138. The van der Waals surface area contributed by atoms with E-state index in [0.29, 0.717) is 16.7 Å². The van der Waals surface area contributed by atoms with Crippen molar-refractivity contribution < 1.29 is 14.6 Å². The van der Waals surface area contributed by atoms with Gasteiger partial charge in [-0.05, 0) is 56.0 Å². The van der Waals surface area contributed by atoms with Crippen LogP contribution in [0.3, 0.4) is 0 Å². The molecule has 0 spiro atoms. The molecule has 0 bridgehead atoms. The van der Waals surface area contributed by atoms with Crippen LogP contribution in [0.2, 0.25) is 5.02 Å². The van der Waals surface area contributed by atoms with Crippen molar-refractivity contribution in [2.45, 2.75) is 44.2 Å². The average Bonchev–Trinajstić information content (AvgIpc) is 3.19. The topological polar surface area (TPSA) is 93.4 Å². The normalized spacial score (nSPS) is 18.5. The van der Waals surface area contributed by atoms with E-state index in [2.05, 4.69) is 15.2 Å². The quantitative estimate of drug-likeness (QED) is 0.604. The number of nitrogens with zero attached hydrogens (tertiary/aromatic N) is 5. The maximum atomic E-state index is 11.3. The van der Waals surface area contributed by atoms with Crippen molar-refractivity contribution in [1.82, 2.24) is 24.6 Å². The van der Waals surface area contributed by atoms with Crippen molar-refractivity contribution >= 4 is 17.7 Å². The Morgan fingerprint density at radius 1 is 1.16 bits per heavy atom. The van der Waals surface area contributed by atoms with E-state index < -0.39 is 6.09 Å². The molecule has 0 unspecified atom stereocenters. The molecule has 0 atom stereocenters. The fraction of sp³-hybridized carbons (Fsp3) is 0.364. The molecule has 1 aromatic carbocycles. The first-order valence-corrected chi connectivity index (χ1v) is 10.6. The van der Waals surface area contributed by atoms with Gasteiger partial charge in [0, 0.05) is 35.9 Å². The third-order valence-corrected chi connectivity index (χ3v) is 5.76. The van der Waals surface area contributed by atoms with Gasteiger partial charge in [-0.3, -0.25) is 4.57 Å². The number of rotatable bonds is 6. The van der Waals surface area contributed by atoms with Gasteiger partial charge in [0.15, 0.2) is 5.82 Å². The summed E-state index contributed by atoms with van der Waals surface area (Å²) < 4.78 is 7.97. The number of ether oxygens (including phenoxy) is 1. The minimum absolute atomic E-state index is 0.121. The van der Waals surface area contributed by atoms with Crippen LogP contribution in [0.1, 0.15) is 43.3 Å². The maximum Gasteiger partial charge on any atom is 0.407 e. The van der Waals surface area contributed by atoms with Crippen LogP contribution in [0, 0.1) is 0 Å². The highest BCUT2D eigenvalue weighted by Gasteiger charge is 2.29. The van der Waals surface area contributed by atoms with Crippen molar-refractivity contribution in [2.24, 2.45) is 0 Å². The van der Waals surface area contributed by atoms with Crippen LogP contribution in [0.5, 0.6) is 5.88 Å². The molecule has 1 aliphatic carbocycles. The van der Waals surface area contributed by atoms with Crippen molar-refractivity contribution in [3.05, 3.63) is 65.3 Å². The number of carbonyl (C=O) groups is 1. The minimum Gasteiger partial charge on any atom is -0.474 e. The summed E-state index contributed by atoms with van der Waals surface area (Å²) in [5, 5.41) is 18.7. The molecule has 3 aromatic rings. The molecule has 1 fully saturated rings. The summed E-state index contributed by atoms with van der Waals surface area (Å²) in [5.41, 5.74) is 0.866. The SMILES string of the molecule is CN(Cc1nnc(C2CCC(Oc3ccccn3)CC2)n1-c1ccc(Cl)cc1)C(=O)O. The largest absolute Gasteiger partial charge is 0.474 e. The van der Waals surface area contributed by atoms with Gasteiger partial charge in [-0.25, -0.2) is 9.78 Å². The van der Waals surface area contributed by atoms with Crippen LogP contribution >= 0.6 is 11.6 Å². The van der Waals surface area contributed by atoms with Gasteiger partial charge in [-0.2, -0.15) is 0 Å². The standard InChI is InChI=1S/C22H24ClN5O3/c1-27(22(29)30)14-19-25-26-21(28(19)17-9-7-16(23)8-10-17)15-5-11-18(12-6-15)31-20-4-2-3-13-24-20/h2-4,7-10,13,15,18H,5-6,11-12,14H2,1H3,(H,29,30). The molecule has 0 saturated heterocycles. The number of hydrogen-bond acceptors (Lipinski definition) is 5. The summed E-state index contributed by atoms with van der Waals surface area (Å²) in [6, 6.07) is 13.1. The van der Waals surface area contributed by atoms with E-state index in [-0.39, 0.29) is 18.6 Å². The molecule has 2 aromatic heterocycles. The fourth-order valence-corrected chi connectivity index (χ4v) is 4.00. The number of benzene rings is 1. The molecule has 9 heteroatoms. The van der Waals surface area contributed by atoms with Crippen molar-refractivity contribution in [2.75, 3.05) is 7.05 Å². The second-order valence-corrected chi connectivity index (χ2v) is 8.12. The van der Waals surface area contributed by atoms with Crippen LogP contribution in [0.15, 0.2) is 48.7 Å². The van der Waals surface area contributed by atoms with E-state index in [1.54, 1.807) is 6.20 Å². The number of halogens is 1. The number of amides is 1. The highest BCUT2D eigenvalue weighted by molar-refractivity contribution is 6.30. The van der Waals surface area contributed by atoms with Gasteiger partial charge in [0.25, 0.3) is 0 Å². The number of carboxylic acid groups (broad SMARTS) is 1. The van der Waals surface area contributed by atoms with Crippen LogP contribution in [-0.2, 0) is 6.54 Å². The second-order valence-electron chi connectivity index (χ2n) is 7.68. The Morgan fingerprint density at radius 2 is 1.90 bits per heavy atom. The predicted molar refractivity (Wildman–Crippen MR) is 116 cm³/mol. The molecule has 31 heavy (non-hydrogen) atoms. The summed E-state index contributed by atoms with van der Waals surface area (Å²) in [6.45, 7) is 0.142. The summed E-state index contributed by atoms with van der Waals surface area (Å²) in [7, 11) is 1.52. The average molecular weight is 442 g/mol. The van der Waals surface area contributed by atoms with Crippen molar-refractivity contribution in [3.63, 3.8) is 0 Å². The molecule has 1 amide bonds. The number of hydrogen-bond donors (Lipinski definition) is 1. The molecule has 162 valence electrons. The molecule has 0 radical (unpaired) electrons. The van der Waals surface area contributed by atoms with Crippen LogP contribution in [0.4, 0.5) is 4.79 Å². The Balaban J connectivity index is 1.54. The Hall–Kier alpha value is -3.13. The first-order valence-electron chi connectivity index (χ1n) is 10.2. The lowest BCUT2D eigenvalue weighted by atomic mass is 9.86. The molecule has 1 N–H and O–H groups in total. The molecule has 1 aliphatic rings. The third kappa shape index (κ3) is 4.96. The second kappa shape index (κ2) is 9.34. The zero-order valence-electron chi connectivity index (χ0n) is 17.2. The highest BCUT2D eigenvalue weighted by Crippen LogP contribution is 2.35. The smallest absolute Gasteiger partial charge is 0.407 e. The van der Waals surface area contributed by atoms with Gasteiger partial charge in [0.05, 0.1) is 6.54 Å². The van der Waals surface area contributed by atoms with Crippen molar-refractivity contribution in [1.29, 1.82) is 0 Å². The first-order chi connectivity index (χ1) is 15.0. The Labute approximate surface area is 185 Å². The molecule has 8 nitrogen and oxygen atoms in total. The highest BCUT2D eigenvalue weighted by atomic mass is 35.5. The monoisotopic (exact) mass is 441 g/mol.